The highest BCUT2D eigenvalue weighted by Crippen LogP contribution is 2.43. The number of hydrogen-bond acceptors (Lipinski definition) is 5. The number of phosphoric ester groups is 1. The van der Waals surface area contributed by atoms with Crippen LogP contribution in [0.1, 0.15) is 348 Å². The average Bonchev–Trinajstić information content (AvgIpc) is 3.64. The fourth-order valence-corrected chi connectivity index (χ4v) is 11.8. The van der Waals surface area contributed by atoms with E-state index in [1.807, 2.05) is 27.2 Å². The third-order valence-electron chi connectivity index (χ3n) is 16.8. The number of rotatable bonds is 69. The summed E-state index contributed by atoms with van der Waals surface area (Å²) in [5.41, 5.74) is 0. The van der Waals surface area contributed by atoms with Crippen molar-refractivity contribution in [2.24, 2.45) is 0 Å². The average molecular weight is 1250 g/mol. The second-order valence-electron chi connectivity index (χ2n) is 26.6. The summed E-state index contributed by atoms with van der Waals surface area (Å²) in [4.78, 5) is 23.5. The molecule has 0 saturated heterocycles. The summed E-state index contributed by atoms with van der Waals surface area (Å²) in [5.74, 6) is -0.177. The van der Waals surface area contributed by atoms with E-state index in [-0.39, 0.29) is 19.1 Å². The highest BCUT2D eigenvalue weighted by Gasteiger charge is 2.28. The molecule has 0 fully saturated rings. The molecule has 8 nitrogen and oxygen atoms in total. The van der Waals surface area contributed by atoms with E-state index in [2.05, 4.69) is 104 Å². The molecule has 0 aliphatic carbocycles. The Morgan fingerprint density at radius 3 is 1.00 bits per heavy atom. The van der Waals surface area contributed by atoms with Crippen LogP contribution < -0.4 is 5.32 Å². The topological polar surface area (TPSA) is 105 Å². The van der Waals surface area contributed by atoms with Crippen LogP contribution in [0.5, 0.6) is 0 Å². The maximum atomic E-state index is 13.1. The molecule has 0 spiro atoms. The van der Waals surface area contributed by atoms with Gasteiger partial charge in [-0.25, -0.2) is 4.57 Å². The first kappa shape index (κ1) is 85.4. The van der Waals surface area contributed by atoms with Gasteiger partial charge in [-0.1, -0.05) is 361 Å². The van der Waals surface area contributed by atoms with Crippen molar-refractivity contribution in [2.45, 2.75) is 360 Å². The normalized spacial score (nSPS) is 14.1. The molecule has 0 radical (unpaired) electrons. The number of carbonyl (C=O) groups is 1. The molecule has 0 aromatic rings. The molecule has 0 aromatic heterocycles. The minimum absolute atomic E-state index is 0.0588. The molecule has 0 saturated carbocycles. The second kappa shape index (κ2) is 68.8. The van der Waals surface area contributed by atoms with Crippen LogP contribution in [0.3, 0.4) is 0 Å². The molecule has 3 N–H and O–H groups in total. The fourth-order valence-electron chi connectivity index (χ4n) is 11.0. The van der Waals surface area contributed by atoms with Crippen molar-refractivity contribution in [3.8, 4) is 0 Å². The van der Waals surface area contributed by atoms with Gasteiger partial charge in [-0.3, -0.25) is 13.8 Å². The van der Waals surface area contributed by atoms with Gasteiger partial charge in [0.15, 0.2) is 0 Å². The Hall–Kier alpha value is -2.58. The standard InChI is InChI=1S/C79H145N2O6P/c1-6-8-10-12-14-16-18-20-22-24-26-28-30-32-34-36-38-39-40-41-43-45-47-49-51-53-55-57-59-61-63-65-67-69-71-73-79(83)80-77(76-87-88(84,85)86-75-74-81(3,4)5)78(82)72-70-68-66-64-62-60-58-56-54-52-50-48-46-44-42-37-35-33-31-29-27-25-23-21-19-17-15-13-11-9-7-2/h8,10,14,16,20,22,26,28,32,34,38-39,41,43,70,72,77-78,82H,6-7,9,11-13,15,17-19,21,23-25,27,29-31,33,35-37,40,42,44-69,71,73-76H2,1-5H3,(H-,80,83,84,85)/p+1/b10-8-,16-14-,22-20-,28-26-,34-32-,39-38-,43-41-,72-70+. The Morgan fingerprint density at radius 1 is 0.398 bits per heavy atom. The summed E-state index contributed by atoms with van der Waals surface area (Å²) in [7, 11) is 1.57. The lowest BCUT2D eigenvalue weighted by Crippen LogP contribution is -2.45. The highest BCUT2D eigenvalue weighted by molar-refractivity contribution is 7.47. The van der Waals surface area contributed by atoms with E-state index in [1.165, 1.54) is 244 Å². The van der Waals surface area contributed by atoms with Gasteiger partial charge >= 0.3 is 7.82 Å². The van der Waals surface area contributed by atoms with Crippen molar-refractivity contribution in [1.82, 2.24) is 5.32 Å². The van der Waals surface area contributed by atoms with Gasteiger partial charge in [0.1, 0.15) is 13.2 Å². The zero-order valence-electron chi connectivity index (χ0n) is 58.7. The van der Waals surface area contributed by atoms with Crippen molar-refractivity contribution in [3.63, 3.8) is 0 Å². The van der Waals surface area contributed by atoms with E-state index in [4.69, 9.17) is 9.05 Å². The number of carbonyl (C=O) groups excluding carboxylic acids is 1. The second-order valence-corrected chi connectivity index (χ2v) is 28.1. The Labute approximate surface area is 547 Å². The van der Waals surface area contributed by atoms with E-state index < -0.39 is 20.0 Å². The molecule has 9 heteroatoms. The number of likely N-dealkylation sites (N-methyl/N-ethyl adjacent to an activating group) is 1. The first-order chi connectivity index (χ1) is 43.0. The summed E-state index contributed by atoms with van der Waals surface area (Å²) in [6, 6.07) is -0.855. The van der Waals surface area contributed by atoms with Crippen LogP contribution in [-0.2, 0) is 18.4 Å². The number of aliphatic hydroxyl groups excluding tert-OH is 1. The molecular weight excluding hydrogens is 1100 g/mol. The molecule has 1 amide bonds. The van der Waals surface area contributed by atoms with Crippen LogP contribution in [0.25, 0.3) is 0 Å². The summed E-state index contributed by atoms with van der Waals surface area (Å²) < 4.78 is 23.9. The van der Waals surface area contributed by atoms with Crippen LogP contribution in [0.4, 0.5) is 0 Å². The zero-order valence-corrected chi connectivity index (χ0v) is 59.6. The monoisotopic (exact) mass is 1250 g/mol. The first-order valence-corrected chi connectivity index (χ1v) is 39.1. The predicted octanol–water partition coefficient (Wildman–Crippen LogP) is 24.4. The highest BCUT2D eigenvalue weighted by atomic mass is 31.2. The predicted molar refractivity (Wildman–Crippen MR) is 387 cm³/mol. The zero-order chi connectivity index (χ0) is 64.1. The number of allylic oxidation sites excluding steroid dienone is 15. The molecule has 0 aromatic carbocycles. The van der Waals surface area contributed by atoms with Crippen LogP contribution in [0.2, 0.25) is 0 Å². The van der Waals surface area contributed by atoms with E-state index in [1.54, 1.807) is 6.08 Å². The van der Waals surface area contributed by atoms with Gasteiger partial charge in [0.25, 0.3) is 0 Å². The smallest absolute Gasteiger partial charge is 0.387 e. The summed E-state index contributed by atoms with van der Waals surface area (Å²) in [6.45, 7) is 4.74. The largest absolute Gasteiger partial charge is 0.472 e. The van der Waals surface area contributed by atoms with Crippen molar-refractivity contribution < 1.29 is 32.9 Å². The van der Waals surface area contributed by atoms with Gasteiger partial charge in [0, 0.05) is 6.42 Å². The number of unbranched alkanes of at least 4 members (excludes halogenated alkanes) is 42. The van der Waals surface area contributed by atoms with Gasteiger partial charge in [-0.05, 0) is 77.0 Å². The van der Waals surface area contributed by atoms with E-state index in [0.29, 0.717) is 17.4 Å². The molecule has 512 valence electrons. The maximum absolute atomic E-state index is 13.1. The third kappa shape index (κ3) is 70.9. The lowest BCUT2D eigenvalue weighted by molar-refractivity contribution is -0.870. The van der Waals surface area contributed by atoms with Crippen LogP contribution in [-0.4, -0.2) is 73.4 Å². The number of nitrogens with zero attached hydrogens (tertiary/aromatic N) is 1. The van der Waals surface area contributed by atoms with Gasteiger partial charge < -0.3 is 19.8 Å². The summed E-state index contributed by atoms with van der Waals surface area (Å²) in [5, 5.41) is 14.0. The van der Waals surface area contributed by atoms with Crippen molar-refractivity contribution in [1.29, 1.82) is 0 Å². The fraction of sp³-hybridized carbons (Fsp3) is 0.785. The SMILES string of the molecule is CC/C=C\C/C=C\C/C=C\C/C=C\C/C=C\C/C=C\C/C=C\CCCCCCCCCCCCCCCC(=O)NC(COP(=O)(O)OCC[N+](C)(C)C)C(O)/C=C/CCCCCCCCCCCCCCCCCCCCCCCCCCCCCCC. The minimum atomic E-state index is -4.36. The van der Waals surface area contributed by atoms with Gasteiger partial charge in [-0.15, -0.1) is 0 Å². The van der Waals surface area contributed by atoms with E-state index in [9.17, 15) is 19.4 Å². The lowest BCUT2D eigenvalue weighted by atomic mass is 10.0. The number of amides is 1. The number of aliphatic hydroxyl groups is 1. The Kier molecular flexibility index (Phi) is 66.8. The molecule has 88 heavy (non-hydrogen) atoms. The third-order valence-corrected chi connectivity index (χ3v) is 17.8. The summed E-state index contributed by atoms with van der Waals surface area (Å²) >= 11 is 0. The number of nitrogens with one attached hydrogen (secondary N) is 1. The maximum Gasteiger partial charge on any atom is 0.472 e. The van der Waals surface area contributed by atoms with Crippen molar-refractivity contribution >= 4 is 13.7 Å². The quantitative estimate of drug-likeness (QED) is 0.0243. The number of phosphoric acid groups is 1. The van der Waals surface area contributed by atoms with Gasteiger partial charge in [0.05, 0.1) is 39.9 Å². The summed E-state index contributed by atoms with van der Waals surface area (Å²) in [6.07, 6.45) is 100.0. The van der Waals surface area contributed by atoms with Crippen molar-refractivity contribution in [2.75, 3.05) is 40.9 Å². The first-order valence-electron chi connectivity index (χ1n) is 37.6. The van der Waals surface area contributed by atoms with E-state index in [0.717, 1.165) is 83.5 Å². The van der Waals surface area contributed by atoms with Gasteiger partial charge in [-0.2, -0.15) is 0 Å². The molecule has 0 heterocycles. The number of quaternary nitrogens is 1. The molecular formula is C79H146N2O6P+. The lowest BCUT2D eigenvalue weighted by Gasteiger charge is -2.25. The van der Waals surface area contributed by atoms with E-state index >= 15 is 0 Å². The minimum Gasteiger partial charge on any atom is -0.387 e. The molecule has 3 atom stereocenters. The van der Waals surface area contributed by atoms with Crippen LogP contribution >= 0.6 is 7.82 Å². The van der Waals surface area contributed by atoms with Gasteiger partial charge in [0.2, 0.25) is 5.91 Å². The van der Waals surface area contributed by atoms with Crippen molar-refractivity contribution in [3.05, 3.63) is 97.2 Å². The van der Waals surface area contributed by atoms with Crippen LogP contribution in [0, 0.1) is 0 Å². The molecule has 0 aliphatic rings. The molecule has 0 rings (SSSR count). The number of hydrogen-bond donors (Lipinski definition) is 3. The molecule has 0 bridgehead atoms. The van der Waals surface area contributed by atoms with Crippen LogP contribution in [0.15, 0.2) is 97.2 Å². The molecule has 0 aliphatic heterocycles. The molecule has 3 unspecified atom stereocenters. The Bertz CT molecular complexity index is 1760. The Balaban J connectivity index is 4.05. The Morgan fingerprint density at radius 2 is 0.682 bits per heavy atom.